The van der Waals surface area contributed by atoms with Crippen molar-refractivity contribution in [2.75, 3.05) is 33.4 Å². The van der Waals surface area contributed by atoms with E-state index in [0.29, 0.717) is 56.3 Å². The van der Waals surface area contributed by atoms with Crippen molar-refractivity contribution in [2.45, 2.75) is 26.3 Å². The molecule has 0 aliphatic carbocycles. The first-order valence-electron chi connectivity index (χ1n) is 10.6. The molecule has 1 aliphatic rings. The highest BCUT2D eigenvalue weighted by molar-refractivity contribution is 5.80. The van der Waals surface area contributed by atoms with Crippen LogP contribution in [0, 0.1) is 5.92 Å². The molecule has 0 bridgehead atoms. The van der Waals surface area contributed by atoms with E-state index in [0.717, 1.165) is 5.56 Å². The zero-order valence-corrected chi connectivity index (χ0v) is 18.1. The quantitative estimate of drug-likeness (QED) is 0.667. The summed E-state index contributed by atoms with van der Waals surface area (Å²) in [6, 6.07) is 14.9. The number of nitrogens with zero attached hydrogens (tertiary/aromatic N) is 1. The first-order valence-corrected chi connectivity index (χ1v) is 10.6. The second-order valence-corrected chi connectivity index (χ2v) is 7.39. The number of piperidine rings is 1. The van der Waals surface area contributed by atoms with Crippen molar-refractivity contribution in [1.82, 2.24) is 10.2 Å². The van der Waals surface area contributed by atoms with Crippen molar-refractivity contribution in [3.05, 3.63) is 54.1 Å². The Labute approximate surface area is 183 Å². The Morgan fingerprint density at radius 1 is 1.03 bits per heavy atom. The van der Waals surface area contributed by atoms with E-state index in [9.17, 15) is 9.59 Å². The van der Waals surface area contributed by atoms with Gasteiger partial charge in [0.25, 0.3) is 5.91 Å². The number of hydrogen-bond donors (Lipinski definition) is 1. The summed E-state index contributed by atoms with van der Waals surface area (Å²) in [6.45, 7) is 4.04. The second-order valence-electron chi connectivity index (χ2n) is 7.39. The van der Waals surface area contributed by atoms with Crippen LogP contribution in [-0.2, 0) is 16.1 Å². The van der Waals surface area contributed by atoms with Crippen LogP contribution in [0.2, 0.25) is 0 Å². The van der Waals surface area contributed by atoms with E-state index in [2.05, 4.69) is 5.32 Å². The van der Waals surface area contributed by atoms with Crippen molar-refractivity contribution < 1.29 is 23.8 Å². The number of amides is 2. The van der Waals surface area contributed by atoms with Gasteiger partial charge in [0, 0.05) is 25.6 Å². The Bertz CT molecular complexity index is 864. The number of hydrogen-bond acceptors (Lipinski definition) is 5. The Morgan fingerprint density at radius 2 is 1.77 bits per heavy atom. The van der Waals surface area contributed by atoms with E-state index < -0.39 is 0 Å². The maximum absolute atomic E-state index is 12.6. The van der Waals surface area contributed by atoms with Gasteiger partial charge in [-0.15, -0.1) is 0 Å². The Hall–Kier alpha value is -3.22. The zero-order chi connectivity index (χ0) is 22.1. The van der Waals surface area contributed by atoms with Crippen molar-refractivity contribution in [3.63, 3.8) is 0 Å². The van der Waals surface area contributed by atoms with Gasteiger partial charge in [-0.05, 0) is 49.6 Å². The highest BCUT2D eigenvalue weighted by Gasteiger charge is 2.27. The molecule has 0 atom stereocenters. The lowest BCUT2D eigenvalue weighted by Crippen LogP contribution is -2.44. The van der Waals surface area contributed by atoms with Crippen LogP contribution in [0.3, 0.4) is 0 Å². The Morgan fingerprint density at radius 3 is 2.45 bits per heavy atom. The number of para-hydroxylation sites is 1. The summed E-state index contributed by atoms with van der Waals surface area (Å²) in [5.41, 5.74) is 0.944. The van der Waals surface area contributed by atoms with Gasteiger partial charge in [-0.1, -0.05) is 24.3 Å². The molecule has 31 heavy (non-hydrogen) atoms. The minimum Gasteiger partial charge on any atom is -0.493 e. The van der Waals surface area contributed by atoms with Gasteiger partial charge in [0.05, 0.1) is 13.7 Å². The lowest BCUT2D eigenvalue weighted by molar-refractivity contribution is -0.137. The molecular weight excluding hydrogens is 396 g/mol. The number of rotatable bonds is 9. The summed E-state index contributed by atoms with van der Waals surface area (Å²) in [6.07, 6.45) is 1.30. The fourth-order valence-corrected chi connectivity index (χ4v) is 3.57. The maximum Gasteiger partial charge on any atom is 0.260 e. The molecule has 0 spiro atoms. The summed E-state index contributed by atoms with van der Waals surface area (Å²) in [7, 11) is 1.60. The first kappa shape index (κ1) is 22.5. The van der Waals surface area contributed by atoms with Crippen LogP contribution in [0.25, 0.3) is 0 Å². The molecule has 1 saturated heterocycles. The number of nitrogens with one attached hydrogen (secondary N) is 1. The van der Waals surface area contributed by atoms with E-state index in [4.69, 9.17) is 14.2 Å². The molecule has 2 aromatic rings. The lowest BCUT2D eigenvalue weighted by Gasteiger charge is -2.31. The first-order chi connectivity index (χ1) is 15.1. The molecule has 1 N–H and O–H groups in total. The van der Waals surface area contributed by atoms with Gasteiger partial charge in [0.1, 0.15) is 5.75 Å². The highest BCUT2D eigenvalue weighted by Crippen LogP contribution is 2.28. The summed E-state index contributed by atoms with van der Waals surface area (Å²) in [5, 5.41) is 3.00. The van der Waals surface area contributed by atoms with Crippen LogP contribution in [0.1, 0.15) is 25.3 Å². The van der Waals surface area contributed by atoms with Crippen LogP contribution < -0.4 is 19.5 Å². The van der Waals surface area contributed by atoms with Crippen molar-refractivity contribution in [1.29, 1.82) is 0 Å². The van der Waals surface area contributed by atoms with E-state index in [-0.39, 0.29) is 24.3 Å². The van der Waals surface area contributed by atoms with Gasteiger partial charge in [0.2, 0.25) is 5.91 Å². The zero-order valence-electron chi connectivity index (χ0n) is 18.1. The summed E-state index contributed by atoms with van der Waals surface area (Å²) >= 11 is 0. The average Bonchev–Trinajstić information content (AvgIpc) is 2.82. The molecule has 166 valence electrons. The predicted octanol–water partition coefficient (Wildman–Crippen LogP) is 3.03. The number of benzene rings is 2. The molecule has 7 heteroatoms. The predicted molar refractivity (Wildman–Crippen MR) is 117 cm³/mol. The number of likely N-dealkylation sites (tertiary alicyclic amines) is 1. The highest BCUT2D eigenvalue weighted by atomic mass is 16.5. The third kappa shape index (κ3) is 6.38. The average molecular weight is 427 g/mol. The Kier molecular flexibility index (Phi) is 8.15. The summed E-state index contributed by atoms with van der Waals surface area (Å²) in [5.74, 6) is 1.89. The molecule has 2 aromatic carbocycles. The molecular formula is C24H30N2O5. The fraction of sp³-hybridized carbons (Fsp3) is 0.417. The fourth-order valence-electron chi connectivity index (χ4n) is 3.57. The van der Waals surface area contributed by atoms with E-state index in [1.54, 1.807) is 12.0 Å². The van der Waals surface area contributed by atoms with E-state index in [1.807, 2.05) is 55.5 Å². The molecule has 1 heterocycles. The normalized spacial score (nSPS) is 14.1. The van der Waals surface area contributed by atoms with Crippen molar-refractivity contribution in [2.24, 2.45) is 5.92 Å². The smallest absolute Gasteiger partial charge is 0.260 e. The monoisotopic (exact) mass is 426 g/mol. The molecule has 0 radical (unpaired) electrons. The summed E-state index contributed by atoms with van der Waals surface area (Å²) in [4.78, 5) is 26.7. The number of carbonyl (C=O) groups is 2. The maximum atomic E-state index is 12.6. The van der Waals surface area contributed by atoms with E-state index in [1.165, 1.54) is 0 Å². The number of ether oxygens (including phenoxy) is 3. The van der Waals surface area contributed by atoms with E-state index >= 15 is 0 Å². The largest absolute Gasteiger partial charge is 0.493 e. The van der Waals surface area contributed by atoms with Crippen LogP contribution in [-0.4, -0.2) is 50.1 Å². The molecule has 0 unspecified atom stereocenters. The SMILES string of the molecule is CCOc1ccc(CNC(=O)C2CCN(C(=O)COc3ccccc3)CC2)cc1OC. The summed E-state index contributed by atoms with van der Waals surface area (Å²) < 4.78 is 16.4. The van der Waals surface area contributed by atoms with Gasteiger partial charge < -0.3 is 24.4 Å². The third-order valence-corrected chi connectivity index (χ3v) is 5.32. The second kappa shape index (κ2) is 11.2. The van der Waals surface area contributed by atoms with Crippen molar-refractivity contribution in [3.8, 4) is 17.2 Å². The molecule has 2 amide bonds. The number of carbonyl (C=O) groups excluding carboxylic acids is 2. The molecule has 7 nitrogen and oxygen atoms in total. The standard InChI is InChI=1S/C24H30N2O5/c1-3-30-21-10-9-18(15-22(21)29-2)16-25-24(28)19-11-13-26(14-12-19)23(27)17-31-20-7-5-4-6-8-20/h4-10,15,19H,3,11-14,16-17H2,1-2H3,(H,25,28). The molecule has 3 rings (SSSR count). The van der Waals surface area contributed by atoms with Gasteiger partial charge in [-0.25, -0.2) is 0 Å². The molecule has 1 aliphatic heterocycles. The molecule has 1 fully saturated rings. The van der Waals surface area contributed by atoms with Crippen LogP contribution in [0.5, 0.6) is 17.2 Å². The van der Waals surface area contributed by atoms with Gasteiger partial charge in [0.15, 0.2) is 18.1 Å². The van der Waals surface area contributed by atoms with Gasteiger partial charge in [-0.2, -0.15) is 0 Å². The minimum absolute atomic E-state index is 0.0143. The van der Waals surface area contributed by atoms with Gasteiger partial charge in [-0.3, -0.25) is 9.59 Å². The Balaban J connectivity index is 1.42. The minimum atomic E-state index is -0.0938. The van der Waals surface area contributed by atoms with Crippen molar-refractivity contribution >= 4 is 11.8 Å². The third-order valence-electron chi connectivity index (χ3n) is 5.32. The number of methoxy groups -OCH3 is 1. The lowest BCUT2D eigenvalue weighted by atomic mass is 9.95. The van der Waals surface area contributed by atoms with Crippen LogP contribution in [0.4, 0.5) is 0 Å². The van der Waals surface area contributed by atoms with Crippen LogP contribution >= 0.6 is 0 Å². The van der Waals surface area contributed by atoms with Gasteiger partial charge >= 0.3 is 0 Å². The molecule has 0 aromatic heterocycles. The topological polar surface area (TPSA) is 77.1 Å². The van der Waals surface area contributed by atoms with Crippen LogP contribution in [0.15, 0.2) is 48.5 Å². The molecule has 0 saturated carbocycles.